The van der Waals surface area contributed by atoms with Gasteiger partial charge < -0.3 is 31.2 Å². The van der Waals surface area contributed by atoms with Crippen LogP contribution in [0.4, 0.5) is 4.79 Å². The van der Waals surface area contributed by atoms with Crippen LogP contribution in [-0.4, -0.2) is 62.3 Å². The summed E-state index contributed by atoms with van der Waals surface area (Å²) in [5.41, 5.74) is 10.6. The second-order valence-corrected chi connectivity index (χ2v) is 9.34. The van der Waals surface area contributed by atoms with Gasteiger partial charge in [-0.1, -0.05) is 48.5 Å². The average Bonchev–Trinajstić information content (AvgIpc) is 3.24. The van der Waals surface area contributed by atoms with Crippen molar-refractivity contribution >= 4 is 23.9 Å². The van der Waals surface area contributed by atoms with Crippen molar-refractivity contribution in [3.05, 3.63) is 59.7 Å². The molecule has 3 rings (SSSR count). The molecule has 0 spiro atoms. The Morgan fingerprint density at radius 3 is 2.05 bits per heavy atom. The van der Waals surface area contributed by atoms with Crippen LogP contribution < -0.4 is 21.7 Å². The fourth-order valence-corrected chi connectivity index (χ4v) is 4.42. The van der Waals surface area contributed by atoms with Crippen LogP contribution in [0.5, 0.6) is 0 Å². The summed E-state index contributed by atoms with van der Waals surface area (Å²) in [6.07, 6.45) is 1.09. The van der Waals surface area contributed by atoms with E-state index in [1.54, 1.807) is 0 Å². The number of nitrogens with two attached hydrogens (primary N) is 1. The van der Waals surface area contributed by atoms with Gasteiger partial charge in [0.05, 0.1) is 13.2 Å². The third-order valence-corrected chi connectivity index (χ3v) is 6.56. The molecule has 2 aromatic carbocycles. The Morgan fingerprint density at radius 2 is 1.45 bits per heavy atom. The predicted molar refractivity (Wildman–Crippen MR) is 142 cm³/mol. The number of unbranched alkanes of at least 4 members (excludes halogenated alkanes) is 1. The normalized spacial score (nSPS) is 14.3. The van der Waals surface area contributed by atoms with Gasteiger partial charge in [-0.05, 0) is 55.4 Å². The van der Waals surface area contributed by atoms with Gasteiger partial charge in [0, 0.05) is 12.5 Å². The number of ether oxygens (including phenoxy) is 2. The maximum atomic E-state index is 12.3. The Hall–Kier alpha value is -3.92. The van der Waals surface area contributed by atoms with Gasteiger partial charge in [-0.3, -0.25) is 9.59 Å². The summed E-state index contributed by atoms with van der Waals surface area (Å²) >= 11 is 0. The number of benzene rings is 2. The molecule has 0 aliphatic heterocycles. The van der Waals surface area contributed by atoms with E-state index in [0.717, 1.165) is 11.1 Å². The van der Waals surface area contributed by atoms with Gasteiger partial charge >= 0.3 is 12.1 Å². The molecule has 0 saturated carbocycles. The Bertz CT molecular complexity index is 1110. The summed E-state index contributed by atoms with van der Waals surface area (Å²) in [6, 6.07) is 13.8. The van der Waals surface area contributed by atoms with E-state index in [2.05, 4.69) is 45.0 Å². The van der Waals surface area contributed by atoms with Crippen molar-refractivity contribution < 1.29 is 28.7 Å². The molecule has 3 amide bonds. The number of esters is 1. The summed E-state index contributed by atoms with van der Waals surface area (Å²) in [4.78, 5) is 48.1. The van der Waals surface area contributed by atoms with Crippen LogP contribution in [-0.2, 0) is 23.9 Å². The van der Waals surface area contributed by atoms with Crippen molar-refractivity contribution in [2.75, 3.05) is 20.3 Å². The molecule has 5 N–H and O–H groups in total. The van der Waals surface area contributed by atoms with E-state index in [0.29, 0.717) is 25.8 Å². The molecule has 3 atom stereocenters. The zero-order valence-corrected chi connectivity index (χ0v) is 22.0. The Morgan fingerprint density at radius 1 is 0.868 bits per heavy atom. The predicted octanol–water partition coefficient (Wildman–Crippen LogP) is 2.21. The average molecular weight is 525 g/mol. The highest BCUT2D eigenvalue weighted by molar-refractivity contribution is 5.91. The van der Waals surface area contributed by atoms with Crippen LogP contribution in [0.15, 0.2) is 48.5 Å². The van der Waals surface area contributed by atoms with E-state index in [1.165, 1.54) is 32.1 Å². The Labute approximate surface area is 222 Å². The van der Waals surface area contributed by atoms with Crippen LogP contribution in [0.1, 0.15) is 50.2 Å². The van der Waals surface area contributed by atoms with E-state index in [4.69, 9.17) is 10.5 Å². The van der Waals surface area contributed by atoms with Gasteiger partial charge in [0.2, 0.25) is 11.8 Å². The van der Waals surface area contributed by atoms with Crippen molar-refractivity contribution in [1.29, 1.82) is 0 Å². The first-order valence-corrected chi connectivity index (χ1v) is 12.8. The standard InChI is InChI=1S/C28H36N4O6/c1-17(25(33)32-18(2)27(35)37-3)31-26(34)24(29)14-8-9-15-30-28(36)38-16-23-21-12-6-4-10-19(21)20-11-5-7-13-22(20)23/h4-7,10-13,17-18,23-24H,8-9,14-16,29H2,1-3H3,(H,30,36)(H,31,34)(H,32,33)/t17-,18-,24+/m1/s1. The zero-order chi connectivity index (χ0) is 27.7. The number of hydrogen-bond acceptors (Lipinski definition) is 7. The minimum atomic E-state index is -0.865. The zero-order valence-electron chi connectivity index (χ0n) is 22.0. The van der Waals surface area contributed by atoms with Crippen molar-refractivity contribution in [2.24, 2.45) is 5.73 Å². The molecule has 10 nitrogen and oxygen atoms in total. The van der Waals surface area contributed by atoms with Crippen LogP contribution >= 0.6 is 0 Å². The highest BCUT2D eigenvalue weighted by Crippen LogP contribution is 2.44. The van der Waals surface area contributed by atoms with Crippen molar-refractivity contribution in [2.45, 2.75) is 57.2 Å². The van der Waals surface area contributed by atoms with Crippen molar-refractivity contribution in [3.8, 4) is 11.1 Å². The SMILES string of the molecule is COC(=O)[C@@H](C)NC(=O)[C@@H](C)NC(=O)[C@@H](N)CCCCNC(=O)OCC1c2ccccc2-c2ccccc21. The summed E-state index contributed by atoms with van der Waals surface area (Å²) in [6.45, 7) is 3.62. The van der Waals surface area contributed by atoms with Crippen LogP contribution in [0.3, 0.4) is 0 Å². The molecule has 2 aromatic rings. The lowest BCUT2D eigenvalue weighted by atomic mass is 9.98. The molecule has 10 heteroatoms. The molecule has 204 valence electrons. The van der Waals surface area contributed by atoms with Gasteiger partial charge in [-0.2, -0.15) is 0 Å². The summed E-state index contributed by atoms with van der Waals surface area (Å²) in [5, 5.41) is 7.75. The molecule has 1 aliphatic rings. The summed E-state index contributed by atoms with van der Waals surface area (Å²) < 4.78 is 10.1. The second kappa shape index (κ2) is 13.6. The number of methoxy groups -OCH3 is 1. The van der Waals surface area contributed by atoms with Gasteiger partial charge in [0.1, 0.15) is 18.7 Å². The summed E-state index contributed by atoms with van der Waals surface area (Å²) in [7, 11) is 1.22. The molecular weight excluding hydrogens is 488 g/mol. The number of alkyl carbamates (subject to hydrolysis) is 1. The van der Waals surface area contributed by atoms with E-state index >= 15 is 0 Å². The third-order valence-electron chi connectivity index (χ3n) is 6.56. The smallest absolute Gasteiger partial charge is 0.407 e. The van der Waals surface area contributed by atoms with E-state index < -0.39 is 42.0 Å². The van der Waals surface area contributed by atoms with Gasteiger partial charge in [-0.15, -0.1) is 0 Å². The van der Waals surface area contributed by atoms with Gasteiger partial charge in [0.25, 0.3) is 0 Å². The lowest BCUT2D eigenvalue weighted by Gasteiger charge is -2.19. The lowest BCUT2D eigenvalue weighted by molar-refractivity contribution is -0.144. The summed E-state index contributed by atoms with van der Waals surface area (Å²) in [5.74, 6) is -1.57. The molecule has 0 saturated heterocycles. The van der Waals surface area contributed by atoms with Crippen LogP contribution in [0.2, 0.25) is 0 Å². The number of carbonyl (C=O) groups excluding carboxylic acids is 4. The van der Waals surface area contributed by atoms with E-state index in [1.807, 2.05) is 24.3 Å². The van der Waals surface area contributed by atoms with Gasteiger partial charge in [-0.25, -0.2) is 9.59 Å². The van der Waals surface area contributed by atoms with Crippen LogP contribution in [0, 0.1) is 0 Å². The molecule has 0 bridgehead atoms. The second-order valence-electron chi connectivity index (χ2n) is 9.34. The number of fused-ring (bicyclic) bond motifs is 3. The molecule has 0 heterocycles. The molecule has 0 fully saturated rings. The lowest BCUT2D eigenvalue weighted by Crippen LogP contribution is -2.52. The first kappa shape index (κ1) is 28.6. The van der Waals surface area contributed by atoms with Crippen LogP contribution in [0.25, 0.3) is 11.1 Å². The first-order valence-electron chi connectivity index (χ1n) is 12.8. The highest BCUT2D eigenvalue weighted by atomic mass is 16.5. The maximum Gasteiger partial charge on any atom is 0.407 e. The minimum Gasteiger partial charge on any atom is -0.467 e. The van der Waals surface area contributed by atoms with E-state index in [-0.39, 0.29) is 12.5 Å². The monoisotopic (exact) mass is 524 g/mol. The number of rotatable bonds is 12. The number of amides is 3. The molecule has 0 aromatic heterocycles. The fourth-order valence-electron chi connectivity index (χ4n) is 4.42. The molecular formula is C28H36N4O6. The third kappa shape index (κ3) is 7.32. The molecule has 1 aliphatic carbocycles. The highest BCUT2D eigenvalue weighted by Gasteiger charge is 2.29. The number of carbonyl (C=O) groups is 4. The molecule has 0 unspecified atom stereocenters. The quantitative estimate of drug-likeness (QED) is 0.246. The van der Waals surface area contributed by atoms with Crippen molar-refractivity contribution in [1.82, 2.24) is 16.0 Å². The Kier molecular flexibility index (Phi) is 10.2. The molecule has 38 heavy (non-hydrogen) atoms. The minimum absolute atomic E-state index is 0.00203. The van der Waals surface area contributed by atoms with E-state index in [9.17, 15) is 19.2 Å². The van der Waals surface area contributed by atoms with Gasteiger partial charge in [0.15, 0.2) is 0 Å². The number of hydrogen-bond donors (Lipinski definition) is 4. The first-order chi connectivity index (χ1) is 18.2. The topological polar surface area (TPSA) is 149 Å². The Balaban J connectivity index is 1.33. The fraction of sp³-hybridized carbons (Fsp3) is 0.429. The largest absolute Gasteiger partial charge is 0.467 e. The van der Waals surface area contributed by atoms with Crippen molar-refractivity contribution in [3.63, 3.8) is 0 Å². The maximum absolute atomic E-state index is 12.3. The number of nitrogens with one attached hydrogen (secondary N) is 3. The molecule has 0 radical (unpaired) electrons.